The van der Waals surface area contributed by atoms with Crippen LogP contribution < -0.4 is 40.2 Å². The van der Waals surface area contributed by atoms with Gasteiger partial charge in [-0.1, -0.05) is 147 Å². The maximum Gasteiger partial charge on any atom is 1.00 e. The quantitative estimate of drug-likeness (QED) is 0.0100. The van der Waals surface area contributed by atoms with Gasteiger partial charge in [-0.15, -0.1) is 12.8 Å². The fourth-order valence-electron chi connectivity index (χ4n) is 24.7. The summed E-state index contributed by atoms with van der Waals surface area (Å²) in [5.74, 6) is 15.8. The summed E-state index contributed by atoms with van der Waals surface area (Å²) in [6.45, 7) is 26.5. The minimum absolute atomic E-state index is 0. The monoisotopic (exact) mass is 2030 g/mol. The van der Waals surface area contributed by atoms with Crippen molar-refractivity contribution >= 4 is 37.3 Å². The van der Waals surface area contributed by atoms with E-state index in [1.807, 2.05) is 42.8 Å². The number of fused-ring (bicyclic) bond motifs is 9. The zero-order valence-electron chi connectivity index (χ0n) is 88.1. The number of nitrogens with one attached hydrogen (secondary N) is 1. The Hall–Kier alpha value is -3.42. The van der Waals surface area contributed by atoms with Gasteiger partial charge in [0.2, 0.25) is 0 Å². The zero-order chi connectivity index (χ0) is 102. The molecule has 2 saturated carbocycles. The molecule has 3 aliphatic carbocycles. The van der Waals surface area contributed by atoms with Crippen molar-refractivity contribution in [3.63, 3.8) is 0 Å². The molecule has 20 rings (SSSR count). The number of sulfonamides is 1. The van der Waals surface area contributed by atoms with Crippen LogP contribution >= 0.6 is 0 Å². The Balaban J connectivity index is 0.000000219. The first kappa shape index (κ1) is 124. The largest absolute Gasteiger partial charge is 1.00 e. The molecule has 0 aromatic heterocycles. The molecule has 12 N–H and O–H groups in total. The summed E-state index contributed by atoms with van der Waals surface area (Å²) in [4.78, 5) is 33.3. The van der Waals surface area contributed by atoms with Crippen molar-refractivity contribution < 1.29 is 176 Å². The molecule has 3 radical (unpaired) electrons. The van der Waals surface area contributed by atoms with Crippen LogP contribution in [0.5, 0.6) is 0 Å². The Labute approximate surface area is 871 Å². The van der Waals surface area contributed by atoms with Crippen LogP contribution in [0.15, 0.2) is 29.2 Å². The average molecular weight is 2030 g/mol. The van der Waals surface area contributed by atoms with E-state index in [0.29, 0.717) is 48.7 Å². The third kappa shape index (κ3) is 29.5. The molecule has 1 aromatic carbocycles. The molecule has 2 unspecified atom stereocenters. The number of epoxide rings is 2. The Morgan fingerprint density at radius 3 is 1.37 bits per heavy atom. The van der Waals surface area contributed by atoms with E-state index in [0.717, 1.165) is 224 Å². The number of ether oxygens (including phenoxy) is 16. The van der Waals surface area contributed by atoms with Gasteiger partial charge in [-0.3, -0.25) is 10.6 Å². The summed E-state index contributed by atoms with van der Waals surface area (Å²) in [5.41, 5.74) is -0.637. The molecular formula is C107H173BN2NaO30S. The van der Waals surface area contributed by atoms with Crippen LogP contribution in [-0.4, -0.2) is 332 Å². The van der Waals surface area contributed by atoms with Crippen LogP contribution in [0.1, 0.15) is 318 Å². The van der Waals surface area contributed by atoms with Crippen molar-refractivity contribution in [2.45, 2.75) is 530 Å². The number of rotatable bonds is 23. The summed E-state index contributed by atoms with van der Waals surface area (Å²) in [7, 11) is -3.55. The van der Waals surface area contributed by atoms with E-state index in [9.17, 15) is 43.5 Å². The Morgan fingerprint density at radius 2 is 0.894 bits per heavy atom. The van der Waals surface area contributed by atoms with Crippen LogP contribution in [0.2, 0.25) is 0 Å². The number of aldehydes is 1. The second kappa shape index (κ2) is 57.9. The minimum Gasteiger partial charge on any atom is -1.00 e. The number of benzene rings is 1. The topological polar surface area (TPSA) is 460 Å². The van der Waals surface area contributed by atoms with Crippen LogP contribution in [0, 0.1) is 57.3 Å². The van der Waals surface area contributed by atoms with E-state index in [1.165, 1.54) is 6.42 Å². The molecule has 35 heteroatoms. The van der Waals surface area contributed by atoms with Crippen molar-refractivity contribution in [3.05, 3.63) is 41.0 Å². The van der Waals surface area contributed by atoms with Crippen molar-refractivity contribution in [1.29, 1.82) is 0 Å². The maximum absolute atomic E-state index is 11.9. The number of Topliss-reactive ketones (excluding diaryl/α,β-unsaturated/α-hetero) is 1. The van der Waals surface area contributed by atoms with E-state index < -0.39 is 44.6 Å². The number of nitrogens with two attached hydrogens (primary N) is 1. The molecule has 16 aliphatic heterocycles. The average Bonchev–Trinajstić information content (AvgIpc) is 1.53. The summed E-state index contributed by atoms with van der Waals surface area (Å²) in [6, 6.07) is 3.63. The molecular weight excluding hydrogens is 1860 g/mol. The maximum atomic E-state index is 11.9. The van der Waals surface area contributed by atoms with E-state index in [-0.39, 0.29) is 247 Å². The van der Waals surface area contributed by atoms with Crippen LogP contribution in [0.3, 0.4) is 0 Å². The smallest absolute Gasteiger partial charge is 1.00 e. The van der Waals surface area contributed by atoms with Gasteiger partial charge in [0.25, 0.3) is 10.0 Å². The molecule has 3 spiro atoms. The second-order valence-corrected chi connectivity index (χ2v) is 42.9. The second-order valence-electron chi connectivity index (χ2n) is 41.2. The first-order valence-electron chi connectivity index (χ1n) is 52.8. The number of terminal acetylenes is 2. The van der Waals surface area contributed by atoms with Crippen molar-refractivity contribution in [2.24, 2.45) is 5.84 Å². The third-order valence-electron chi connectivity index (χ3n) is 30.9. The molecule has 34 atom stereocenters. The fourth-order valence-corrected chi connectivity index (χ4v) is 25.8. The fraction of sp³-hybridized carbons (Fsp3) is 0.841. The van der Waals surface area contributed by atoms with Gasteiger partial charge in [0.15, 0.2) is 17.7 Å². The number of carbonyl (C=O) groups excluding carboxylic acids is 3. The molecule has 16 heterocycles. The van der Waals surface area contributed by atoms with Gasteiger partial charge >= 0.3 is 29.6 Å². The van der Waals surface area contributed by atoms with Gasteiger partial charge in [-0.05, 0) is 193 Å². The summed E-state index contributed by atoms with van der Waals surface area (Å²) in [6.07, 6.45) is 51.7. The third-order valence-corrected chi connectivity index (χ3v) is 32.4. The molecule has 142 heavy (non-hydrogen) atoms. The molecule has 0 amide bonds. The van der Waals surface area contributed by atoms with Crippen molar-refractivity contribution in [2.75, 3.05) is 46.2 Å². The van der Waals surface area contributed by atoms with Gasteiger partial charge < -0.3 is 133 Å². The van der Waals surface area contributed by atoms with E-state index in [4.69, 9.17) is 120 Å². The predicted molar refractivity (Wildman–Crippen MR) is 529 cm³/mol. The zero-order valence-corrected chi connectivity index (χ0v) is 89.9. The molecule has 18 fully saturated rings. The Kier molecular flexibility index (Phi) is 50.4. The van der Waals surface area contributed by atoms with Crippen LogP contribution in [-0.2, 0) is 100 Å². The molecule has 16 saturated heterocycles. The molecule has 32 nitrogen and oxygen atoms in total. The number of aliphatic hydroxyl groups excluding tert-OH is 9. The summed E-state index contributed by atoms with van der Waals surface area (Å²) >= 11 is 0. The Bertz CT molecular complexity index is 4260. The SMILES string of the molecule is C#C[C@H]1C[C@]2(C=O)O[C@@H](CCC)CC[C@@H]2O1.C#C[C@H]1C[C@]2(CO)O[C@@H](CCC)CC[C@@H]2O1.C=O.CCC[C@H]1CC[C@@H]2O[C@@H](C#CCO)C[C@]2(CO)O1.CCC[C@H]1CC[C@@H]2O[C@@H](CCCO)C[C@]2(CO)O1.CCC[C@H]1CC[C@@H]2O[C@@H]3C[C@@]2(O1)[C@H]1O[C@H]1C3=O.CCC[C@H]1CC[C@@H]2O[C@@H]3C[C@@]2(O1)[C@H]1O[C@H]1C3O.CCC[C@H]1CC[C@@H]2O[C@@H]3C[C@]2(C=CC3O)O1.CCO.CCO.Cc1cc(C)c(S(=O)(=O)NN)c(C)c1.[B].[H-].[Na+]. The number of ketones is 1. The minimum atomic E-state index is -3.55. The van der Waals surface area contributed by atoms with Crippen LogP contribution in [0.4, 0.5) is 0 Å². The van der Waals surface area contributed by atoms with Gasteiger partial charge in [-0.2, -0.15) is 4.83 Å². The molecule has 19 aliphatic rings. The number of aliphatic hydroxyl groups is 9. The number of hydrazine groups is 1. The Morgan fingerprint density at radius 1 is 0.479 bits per heavy atom. The summed E-state index contributed by atoms with van der Waals surface area (Å²) < 4.78 is 118. The predicted octanol–water partition coefficient (Wildman–Crippen LogP) is 6.98. The first-order chi connectivity index (χ1) is 67.4. The van der Waals surface area contributed by atoms with E-state index in [1.54, 1.807) is 27.7 Å². The number of hydrogen-bond acceptors (Lipinski definition) is 31. The molecule has 801 valence electrons. The van der Waals surface area contributed by atoms with Crippen molar-refractivity contribution in [1.82, 2.24) is 4.83 Å². The van der Waals surface area contributed by atoms with Gasteiger partial charge in [0, 0.05) is 73.2 Å². The van der Waals surface area contributed by atoms with E-state index in [2.05, 4.69) is 72.1 Å². The first-order valence-corrected chi connectivity index (χ1v) is 54.3. The number of carbonyl (C=O) groups is 3. The molecule has 1 aromatic rings. The van der Waals surface area contributed by atoms with Crippen LogP contribution in [0.25, 0.3) is 0 Å². The number of hydrogen-bond donors (Lipinski definition) is 11. The van der Waals surface area contributed by atoms with Gasteiger partial charge in [-0.25, -0.2) is 8.42 Å². The van der Waals surface area contributed by atoms with E-state index >= 15 is 0 Å². The summed E-state index contributed by atoms with van der Waals surface area (Å²) in [5, 5.41) is 81.5. The van der Waals surface area contributed by atoms with Gasteiger partial charge in [0.1, 0.15) is 102 Å². The number of aryl methyl sites for hydroxylation is 3. The van der Waals surface area contributed by atoms with Gasteiger partial charge in [0.05, 0.1) is 135 Å². The molecule has 6 bridgehead atoms. The van der Waals surface area contributed by atoms with Crippen molar-refractivity contribution in [3.8, 4) is 36.5 Å². The standard InChI is InChI=1S/C14H26O4.C14H22O4.C13H20O4.C13H18O4.2C13H20O3.C13H18O3.C9H14N2O2S.2C2H6O.CH2O.B.Na.H/c2*1-2-4-11-6-7-13-14(10-16,18-11)9-12(17-13)5-3-8-15;2*1-2-3-7-4-5-9-13(17-7)6-8(15-9)10(14)11-12(13)16-11;1-2-3-9-4-5-12-13(16-9)7-6-10(14)11(8-13)15-12;2*1-3-5-11-6-7-12-13(9-14,16-11)8-10(4-2)15-12;1-6-4-7(2)9(8(3)5-6)14(12,13)11-10;2*1-2-3;1-2;;;/h11-13,15-16H,2-10H2,1H3;11-13,15-16H,2,4,6-10H2,1H3;7-12,14H,2-6H2,1H3;7-9,11-12H,2-6H2,1H3;6-7,9-12,14H,2-5,8H2,1H3;2,10-12,14H,3,5-9H2,1H3;2,9-12H,3,5-8H2,1H3;4-5,11H,10H2,1-3H3;2*3H,2H2,1H3;1H2;;;/q;;;;;;;;;;;;+1;-1/t2*11-,12-,13-,14+;7-,8+,9-,10?,11-,12-,13-;7-,8+,9-,11-,12-,13-;9-,10?,11+,12-,13-;2*10-,11-,12-,13+;;;;;;;/m0000000......./s1. The normalized spacial score (nSPS) is 40.5.